The predicted molar refractivity (Wildman–Crippen MR) is 84.5 cm³/mol. The van der Waals surface area contributed by atoms with Crippen molar-refractivity contribution >= 4 is 29.0 Å². The molecule has 2 aromatic carbocycles. The van der Waals surface area contributed by atoms with Gasteiger partial charge in [-0.15, -0.1) is 0 Å². The summed E-state index contributed by atoms with van der Waals surface area (Å²) in [5, 5.41) is 1.17. The van der Waals surface area contributed by atoms with Crippen LogP contribution >= 0.6 is 23.2 Å². The summed E-state index contributed by atoms with van der Waals surface area (Å²) in [4.78, 5) is 11.9. The Hall–Kier alpha value is -1.51. The average Bonchev–Trinajstić information content (AvgIpc) is 2.47. The molecule has 2 aromatic rings. The average molecular weight is 321 g/mol. The second-order valence-corrected chi connectivity index (χ2v) is 5.86. The van der Waals surface area contributed by atoms with Gasteiger partial charge in [0.15, 0.2) is 5.78 Å². The second-order valence-electron chi connectivity index (χ2n) is 5.05. The Morgan fingerprint density at radius 3 is 2.48 bits per heavy atom. The van der Waals surface area contributed by atoms with E-state index in [9.17, 15) is 4.79 Å². The van der Waals surface area contributed by atoms with Gasteiger partial charge in [0.1, 0.15) is 12.4 Å². The summed E-state index contributed by atoms with van der Waals surface area (Å²) in [6.45, 7) is 0.295. The number of ketones is 1. The Bertz CT molecular complexity index is 675. The molecule has 1 aliphatic carbocycles. The van der Waals surface area contributed by atoms with Crippen LogP contribution < -0.4 is 4.74 Å². The van der Waals surface area contributed by atoms with E-state index >= 15 is 0 Å². The third-order valence-electron chi connectivity index (χ3n) is 3.70. The molecule has 0 fully saturated rings. The lowest BCUT2D eigenvalue weighted by Crippen LogP contribution is -2.12. The number of carbonyl (C=O) groups is 1. The van der Waals surface area contributed by atoms with E-state index in [1.807, 2.05) is 18.2 Å². The van der Waals surface area contributed by atoms with Crippen LogP contribution in [0, 0.1) is 0 Å². The van der Waals surface area contributed by atoms with Gasteiger partial charge in [-0.25, -0.2) is 0 Å². The highest BCUT2D eigenvalue weighted by Gasteiger charge is 2.20. The Morgan fingerprint density at radius 1 is 1.00 bits per heavy atom. The van der Waals surface area contributed by atoms with Gasteiger partial charge in [-0.3, -0.25) is 4.79 Å². The highest BCUT2D eigenvalue weighted by atomic mass is 35.5. The van der Waals surface area contributed by atoms with Gasteiger partial charge in [0, 0.05) is 33.2 Å². The van der Waals surface area contributed by atoms with Crippen LogP contribution in [0.15, 0.2) is 36.4 Å². The molecule has 0 heterocycles. The molecule has 0 saturated carbocycles. The maximum absolute atomic E-state index is 11.9. The van der Waals surface area contributed by atoms with E-state index in [-0.39, 0.29) is 5.78 Å². The van der Waals surface area contributed by atoms with E-state index in [2.05, 4.69) is 0 Å². The molecule has 108 valence electrons. The van der Waals surface area contributed by atoms with Gasteiger partial charge in [0.25, 0.3) is 0 Å². The molecular formula is C17H14Cl2O2. The third kappa shape index (κ3) is 2.92. The number of rotatable bonds is 3. The molecule has 0 amide bonds. The van der Waals surface area contributed by atoms with Crippen molar-refractivity contribution in [3.63, 3.8) is 0 Å². The van der Waals surface area contributed by atoms with Gasteiger partial charge in [-0.1, -0.05) is 41.4 Å². The SMILES string of the molecule is O=C1CCCc2c(OCc3c(Cl)cccc3Cl)cccc21. The highest BCUT2D eigenvalue weighted by Crippen LogP contribution is 2.31. The van der Waals surface area contributed by atoms with E-state index in [0.29, 0.717) is 23.1 Å². The zero-order chi connectivity index (χ0) is 14.8. The Balaban J connectivity index is 1.86. The van der Waals surface area contributed by atoms with Crippen LogP contribution in [0.3, 0.4) is 0 Å². The lowest BCUT2D eigenvalue weighted by atomic mass is 9.90. The quantitative estimate of drug-likeness (QED) is 0.787. The first-order chi connectivity index (χ1) is 10.2. The maximum atomic E-state index is 11.9. The summed E-state index contributed by atoms with van der Waals surface area (Å²) in [7, 11) is 0. The zero-order valence-corrected chi connectivity index (χ0v) is 12.9. The number of fused-ring (bicyclic) bond motifs is 1. The maximum Gasteiger partial charge on any atom is 0.163 e. The monoisotopic (exact) mass is 320 g/mol. The van der Waals surface area contributed by atoms with E-state index < -0.39 is 0 Å². The van der Waals surface area contributed by atoms with Gasteiger partial charge < -0.3 is 4.74 Å². The fraction of sp³-hybridized carbons (Fsp3) is 0.235. The number of hydrogen-bond acceptors (Lipinski definition) is 2. The Morgan fingerprint density at radius 2 is 1.71 bits per heavy atom. The lowest BCUT2D eigenvalue weighted by Gasteiger charge is -2.19. The van der Waals surface area contributed by atoms with Crippen molar-refractivity contribution in [2.24, 2.45) is 0 Å². The van der Waals surface area contributed by atoms with Crippen molar-refractivity contribution in [1.82, 2.24) is 0 Å². The van der Waals surface area contributed by atoms with Crippen LogP contribution in [0.5, 0.6) is 5.75 Å². The second kappa shape index (κ2) is 6.08. The number of hydrogen-bond donors (Lipinski definition) is 0. The van der Waals surface area contributed by atoms with Crippen LogP contribution in [0.2, 0.25) is 10.0 Å². The van der Waals surface area contributed by atoms with Crippen LogP contribution in [0.1, 0.15) is 34.3 Å². The minimum atomic E-state index is 0.192. The molecule has 21 heavy (non-hydrogen) atoms. The molecule has 0 aliphatic heterocycles. The largest absolute Gasteiger partial charge is 0.488 e. The first kappa shape index (κ1) is 14.4. The number of halogens is 2. The van der Waals surface area contributed by atoms with Crippen LogP contribution in [0.4, 0.5) is 0 Å². The van der Waals surface area contributed by atoms with Crippen molar-refractivity contribution < 1.29 is 9.53 Å². The molecule has 0 radical (unpaired) electrons. The number of ether oxygens (including phenoxy) is 1. The van der Waals surface area contributed by atoms with Crippen molar-refractivity contribution in [3.8, 4) is 5.75 Å². The van der Waals surface area contributed by atoms with Gasteiger partial charge in [-0.2, -0.15) is 0 Å². The van der Waals surface area contributed by atoms with Gasteiger partial charge in [0.05, 0.1) is 0 Å². The van der Waals surface area contributed by atoms with Crippen LogP contribution in [-0.4, -0.2) is 5.78 Å². The minimum absolute atomic E-state index is 0.192. The summed E-state index contributed by atoms with van der Waals surface area (Å²) >= 11 is 12.3. The van der Waals surface area contributed by atoms with Crippen molar-refractivity contribution in [2.45, 2.75) is 25.9 Å². The Kier molecular flexibility index (Phi) is 4.18. The topological polar surface area (TPSA) is 26.3 Å². The molecule has 0 N–H and O–H groups in total. The van der Waals surface area contributed by atoms with E-state index in [1.165, 1.54) is 0 Å². The normalized spacial score (nSPS) is 13.9. The molecule has 0 spiro atoms. The molecule has 3 rings (SSSR count). The molecule has 0 atom stereocenters. The first-order valence-corrected chi connectivity index (χ1v) is 7.63. The summed E-state index contributed by atoms with van der Waals surface area (Å²) < 4.78 is 5.88. The first-order valence-electron chi connectivity index (χ1n) is 6.87. The lowest BCUT2D eigenvalue weighted by molar-refractivity contribution is 0.0971. The number of benzene rings is 2. The zero-order valence-electron chi connectivity index (χ0n) is 11.4. The van der Waals surface area contributed by atoms with Crippen molar-refractivity contribution in [1.29, 1.82) is 0 Å². The summed E-state index contributed by atoms with van der Waals surface area (Å²) in [6, 6.07) is 11.0. The highest BCUT2D eigenvalue weighted by molar-refractivity contribution is 6.35. The number of Topliss-reactive ketones (excluding diaryl/α,β-unsaturated/α-hetero) is 1. The molecule has 0 aromatic heterocycles. The molecule has 2 nitrogen and oxygen atoms in total. The number of carbonyl (C=O) groups excluding carboxylic acids is 1. The third-order valence-corrected chi connectivity index (χ3v) is 4.41. The smallest absolute Gasteiger partial charge is 0.163 e. The summed E-state index contributed by atoms with van der Waals surface area (Å²) in [6.07, 6.45) is 2.36. The molecular weight excluding hydrogens is 307 g/mol. The fourth-order valence-corrected chi connectivity index (χ4v) is 3.11. The van der Waals surface area contributed by atoms with Crippen LogP contribution in [-0.2, 0) is 13.0 Å². The minimum Gasteiger partial charge on any atom is -0.488 e. The van der Waals surface area contributed by atoms with E-state index in [1.54, 1.807) is 18.2 Å². The molecule has 4 heteroatoms. The van der Waals surface area contributed by atoms with E-state index in [0.717, 1.165) is 35.3 Å². The molecule has 0 bridgehead atoms. The standard InChI is InChI=1S/C17H14Cl2O2/c18-14-6-3-7-15(19)13(14)10-21-17-9-2-4-11-12(17)5-1-8-16(11)20/h2-4,6-7,9H,1,5,8,10H2. The molecule has 0 unspecified atom stereocenters. The van der Waals surface area contributed by atoms with Crippen LogP contribution in [0.25, 0.3) is 0 Å². The van der Waals surface area contributed by atoms with E-state index in [4.69, 9.17) is 27.9 Å². The van der Waals surface area contributed by atoms with Gasteiger partial charge in [0.2, 0.25) is 0 Å². The van der Waals surface area contributed by atoms with Crippen molar-refractivity contribution in [2.75, 3.05) is 0 Å². The summed E-state index contributed by atoms with van der Waals surface area (Å²) in [5.74, 6) is 0.939. The summed E-state index contributed by atoms with van der Waals surface area (Å²) in [5.41, 5.74) is 2.54. The molecule has 0 saturated heterocycles. The van der Waals surface area contributed by atoms with Gasteiger partial charge >= 0.3 is 0 Å². The van der Waals surface area contributed by atoms with Crippen molar-refractivity contribution in [3.05, 3.63) is 63.1 Å². The van der Waals surface area contributed by atoms with Gasteiger partial charge in [-0.05, 0) is 31.0 Å². The fourth-order valence-electron chi connectivity index (χ4n) is 2.60. The Labute approximate surface area is 133 Å². The predicted octanol–water partition coefficient (Wildman–Crippen LogP) is 5.09. The molecule has 1 aliphatic rings.